The van der Waals surface area contributed by atoms with Gasteiger partial charge in [0.15, 0.2) is 0 Å². The van der Waals surface area contributed by atoms with Gasteiger partial charge in [-0.05, 0) is 48.8 Å². The fourth-order valence-electron chi connectivity index (χ4n) is 2.85. The summed E-state index contributed by atoms with van der Waals surface area (Å²) in [5.41, 5.74) is 1.95. The Bertz CT molecular complexity index is 418. The Morgan fingerprint density at radius 3 is 2.41 bits per heavy atom. The van der Waals surface area contributed by atoms with E-state index in [1.807, 2.05) is 24.3 Å². The molecule has 3 rings (SSSR count). The van der Waals surface area contributed by atoms with Crippen molar-refractivity contribution in [1.82, 2.24) is 0 Å². The molecular weight excluding hydrogens is 234 g/mol. The Morgan fingerprint density at radius 1 is 1.18 bits per heavy atom. The molecule has 2 nitrogen and oxygen atoms in total. The van der Waals surface area contributed by atoms with Crippen molar-refractivity contribution in [1.29, 1.82) is 0 Å². The van der Waals surface area contributed by atoms with Gasteiger partial charge in [-0.15, -0.1) is 11.6 Å². The molecule has 3 heteroatoms. The summed E-state index contributed by atoms with van der Waals surface area (Å²) in [7, 11) is 0. The van der Waals surface area contributed by atoms with E-state index in [1.54, 1.807) is 0 Å². The number of fused-ring (bicyclic) bond motifs is 1. The summed E-state index contributed by atoms with van der Waals surface area (Å²) in [6, 6.07) is 7.75. The zero-order valence-electron chi connectivity index (χ0n) is 9.66. The van der Waals surface area contributed by atoms with Crippen LogP contribution >= 0.6 is 11.6 Å². The second-order valence-electron chi connectivity index (χ2n) is 5.24. The van der Waals surface area contributed by atoms with Crippen LogP contribution in [0, 0.1) is 17.8 Å². The van der Waals surface area contributed by atoms with Gasteiger partial charge >= 0.3 is 0 Å². The Morgan fingerprint density at radius 2 is 1.82 bits per heavy atom. The van der Waals surface area contributed by atoms with Crippen molar-refractivity contribution >= 4 is 23.2 Å². The fraction of sp³-hybridized carbons (Fsp3) is 0.500. The SMILES string of the molecule is O=C(Nc1ccc(CCl)cc1)C1CC2CC2C1. The van der Waals surface area contributed by atoms with E-state index in [-0.39, 0.29) is 11.8 Å². The first-order chi connectivity index (χ1) is 8.26. The van der Waals surface area contributed by atoms with Gasteiger partial charge in [-0.3, -0.25) is 4.79 Å². The molecule has 1 aromatic rings. The topological polar surface area (TPSA) is 29.1 Å². The lowest BCUT2D eigenvalue weighted by Crippen LogP contribution is -2.21. The zero-order valence-corrected chi connectivity index (χ0v) is 10.4. The number of halogens is 1. The first kappa shape index (κ1) is 11.1. The molecule has 2 aliphatic rings. The second-order valence-corrected chi connectivity index (χ2v) is 5.51. The van der Waals surface area contributed by atoms with Crippen molar-refractivity contribution in [3.8, 4) is 0 Å². The summed E-state index contributed by atoms with van der Waals surface area (Å²) < 4.78 is 0. The van der Waals surface area contributed by atoms with Crippen LogP contribution < -0.4 is 5.32 Å². The van der Waals surface area contributed by atoms with E-state index in [0.29, 0.717) is 5.88 Å². The maximum atomic E-state index is 12.0. The third kappa shape index (κ3) is 2.32. The molecule has 17 heavy (non-hydrogen) atoms. The largest absolute Gasteiger partial charge is 0.326 e. The first-order valence-electron chi connectivity index (χ1n) is 6.22. The second kappa shape index (κ2) is 4.34. The standard InChI is InChI=1S/C14H16ClNO/c15-8-9-1-3-13(4-2-9)16-14(17)12-6-10-5-11(10)7-12/h1-4,10-12H,5-8H2,(H,16,17). The van der Waals surface area contributed by atoms with Crippen molar-refractivity contribution in [3.63, 3.8) is 0 Å². The molecule has 2 unspecified atom stereocenters. The van der Waals surface area contributed by atoms with Crippen LogP contribution in [0.15, 0.2) is 24.3 Å². The number of rotatable bonds is 3. The molecular formula is C14H16ClNO. The van der Waals surface area contributed by atoms with Gasteiger partial charge in [-0.2, -0.15) is 0 Å². The van der Waals surface area contributed by atoms with Crippen molar-refractivity contribution < 1.29 is 4.79 Å². The van der Waals surface area contributed by atoms with E-state index in [1.165, 1.54) is 6.42 Å². The van der Waals surface area contributed by atoms with Gasteiger partial charge in [-0.1, -0.05) is 12.1 Å². The normalized spacial score (nSPS) is 29.8. The Hall–Kier alpha value is -1.02. The van der Waals surface area contributed by atoms with Crippen LogP contribution in [0.5, 0.6) is 0 Å². The van der Waals surface area contributed by atoms with Gasteiger partial charge in [0.2, 0.25) is 5.91 Å². The highest BCUT2D eigenvalue weighted by Crippen LogP contribution is 2.54. The van der Waals surface area contributed by atoms with Gasteiger partial charge in [-0.25, -0.2) is 0 Å². The number of carbonyl (C=O) groups is 1. The zero-order chi connectivity index (χ0) is 11.8. The number of anilines is 1. The minimum absolute atomic E-state index is 0.191. The van der Waals surface area contributed by atoms with E-state index < -0.39 is 0 Å². The predicted octanol–water partition coefficient (Wildman–Crippen LogP) is 3.41. The van der Waals surface area contributed by atoms with Crippen molar-refractivity contribution in [3.05, 3.63) is 29.8 Å². The molecule has 1 amide bonds. The summed E-state index contributed by atoms with van der Waals surface area (Å²) >= 11 is 5.72. The average Bonchev–Trinajstić information content (AvgIpc) is 2.97. The fourth-order valence-corrected chi connectivity index (χ4v) is 3.03. The van der Waals surface area contributed by atoms with Crippen molar-refractivity contribution in [2.75, 3.05) is 5.32 Å². The molecule has 0 aliphatic heterocycles. The summed E-state index contributed by atoms with van der Waals surface area (Å²) in [4.78, 5) is 12.0. The van der Waals surface area contributed by atoms with Gasteiger partial charge < -0.3 is 5.32 Å². The van der Waals surface area contributed by atoms with E-state index in [9.17, 15) is 4.79 Å². The highest BCUT2D eigenvalue weighted by atomic mass is 35.5. The van der Waals surface area contributed by atoms with E-state index >= 15 is 0 Å². The van der Waals surface area contributed by atoms with Crippen LogP contribution in [0.4, 0.5) is 5.69 Å². The number of carbonyl (C=O) groups excluding carboxylic acids is 1. The van der Waals surface area contributed by atoms with Gasteiger partial charge in [0.05, 0.1) is 0 Å². The average molecular weight is 250 g/mol. The van der Waals surface area contributed by atoms with Crippen molar-refractivity contribution in [2.45, 2.75) is 25.1 Å². The highest BCUT2D eigenvalue weighted by molar-refractivity contribution is 6.17. The Kier molecular flexibility index (Phi) is 2.83. The van der Waals surface area contributed by atoms with E-state index in [2.05, 4.69) is 5.32 Å². The van der Waals surface area contributed by atoms with Crippen LogP contribution in [-0.4, -0.2) is 5.91 Å². The summed E-state index contributed by atoms with van der Waals surface area (Å²) in [6.07, 6.45) is 3.54. The quantitative estimate of drug-likeness (QED) is 0.818. The lowest BCUT2D eigenvalue weighted by atomic mass is 10.0. The number of hydrogen-bond acceptors (Lipinski definition) is 1. The molecule has 0 radical (unpaired) electrons. The lowest BCUT2D eigenvalue weighted by Gasteiger charge is -2.12. The van der Waals surface area contributed by atoms with Crippen LogP contribution in [0.2, 0.25) is 0 Å². The van der Waals surface area contributed by atoms with Crippen LogP contribution in [0.1, 0.15) is 24.8 Å². The Balaban J connectivity index is 1.59. The first-order valence-corrected chi connectivity index (χ1v) is 6.75. The molecule has 2 aliphatic carbocycles. The minimum atomic E-state index is 0.191. The molecule has 0 spiro atoms. The van der Waals surface area contributed by atoms with Gasteiger partial charge in [0.1, 0.15) is 0 Å². The third-order valence-electron chi connectivity index (χ3n) is 3.99. The Labute approximate surface area is 106 Å². The maximum Gasteiger partial charge on any atom is 0.227 e. The molecule has 0 aromatic heterocycles. The summed E-state index contributed by atoms with van der Waals surface area (Å²) in [5.74, 6) is 2.65. The number of nitrogens with one attached hydrogen (secondary N) is 1. The molecule has 2 saturated carbocycles. The molecule has 1 N–H and O–H groups in total. The molecule has 90 valence electrons. The number of alkyl halides is 1. The molecule has 0 heterocycles. The molecule has 2 atom stereocenters. The highest BCUT2D eigenvalue weighted by Gasteiger charge is 2.47. The molecule has 0 bridgehead atoms. The molecule has 1 aromatic carbocycles. The number of benzene rings is 1. The monoisotopic (exact) mass is 249 g/mol. The van der Waals surface area contributed by atoms with Gasteiger partial charge in [0, 0.05) is 17.5 Å². The smallest absolute Gasteiger partial charge is 0.227 e. The third-order valence-corrected chi connectivity index (χ3v) is 4.30. The molecule has 2 fully saturated rings. The van der Waals surface area contributed by atoms with E-state index in [4.69, 9.17) is 11.6 Å². The predicted molar refractivity (Wildman–Crippen MR) is 68.9 cm³/mol. The summed E-state index contributed by atoms with van der Waals surface area (Å²) in [6.45, 7) is 0. The van der Waals surface area contributed by atoms with Crippen LogP contribution in [0.3, 0.4) is 0 Å². The summed E-state index contributed by atoms with van der Waals surface area (Å²) in [5, 5.41) is 2.99. The van der Waals surface area contributed by atoms with Crippen LogP contribution in [-0.2, 0) is 10.7 Å². The van der Waals surface area contributed by atoms with Crippen LogP contribution in [0.25, 0.3) is 0 Å². The number of hydrogen-bond donors (Lipinski definition) is 1. The van der Waals surface area contributed by atoms with Crippen molar-refractivity contribution in [2.24, 2.45) is 17.8 Å². The number of amides is 1. The minimum Gasteiger partial charge on any atom is -0.326 e. The van der Waals surface area contributed by atoms with Gasteiger partial charge in [0.25, 0.3) is 0 Å². The maximum absolute atomic E-state index is 12.0. The van der Waals surface area contributed by atoms with E-state index in [0.717, 1.165) is 35.9 Å². The molecule has 0 saturated heterocycles. The lowest BCUT2D eigenvalue weighted by molar-refractivity contribution is -0.120.